The van der Waals surface area contributed by atoms with Gasteiger partial charge in [0, 0.05) is 27.6 Å². The van der Waals surface area contributed by atoms with Crippen LogP contribution >= 0.6 is 11.8 Å². The van der Waals surface area contributed by atoms with Crippen LogP contribution in [0.4, 0.5) is 0 Å². The van der Waals surface area contributed by atoms with Crippen molar-refractivity contribution in [2.24, 2.45) is 16.3 Å². The van der Waals surface area contributed by atoms with Crippen molar-refractivity contribution in [1.29, 1.82) is 0 Å². The van der Waals surface area contributed by atoms with Gasteiger partial charge in [-0.1, -0.05) is 104 Å². The first-order valence-electron chi connectivity index (χ1n) is 16.8. The van der Waals surface area contributed by atoms with Crippen molar-refractivity contribution >= 4 is 17.5 Å². The van der Waals surface area contributed by atoms with Crippen LogP contribution in [0.2, 0.25) is 0 Å². The molecule has 2 heteroatoms. The number of rotatable bonds is 11. The van der Waals surface area contributed by atoms with Crippen molar-refractivity contribution in [1.82, 2.24) is 0 Å². The van der Waals surface area contributed by atoms with Crippen LogP contribution in [0.25, 0.3) is 11.1 Å². The monoisotopic (exact) mass is 583 g/mol. The zero-order chi connectivity index (χ0) is 30.6. The second-order valence-corrected chi connectivity index (χ2v) is 15.0. The molecule has 0 amide bonds. The van der Waals surface area contributed by atoms with Gasteiger partial charge in [-0.3, -0.25) is 4.99 Å². The standard InChI is InChI=1S/C40H57NS/c1-11-13-18-38(29(7)42-10)41-39(40(8,9)12-2)28(6)33-21-27(5)36-25-34(24-35(26(3)4)37(36)23-33)32-20-19-30-16-14-15-17-31(30)22-32/h19-22,24-28H,11-18,23H2,1-10H3/b38-29+,41-39?. The van der Waals surface area contributed by atoms with Crippen LogP contribution < -0.4 is 0 Å². The second-order valence-electron chi connectivity index (χ2n) is 14.0. The lowest BCUT2D eigenvalue weighted by Crippen LogP contribution is -2.32. The van der Waals surface area contributed by atoms with E-state index in [2.05, 4.69) is 105 Å². The predicted molar refractivity (Wildman–Crippen MR) is 189 cm³/mol. The van der Waals surface area contributed by atoms with E-state index >= 15 is 0 Å². The lowest BCUT2D eigenvalue weighted by Gasteiger charge is -2.35. The van der Waals surface area contributed by atoms with Gasteiger partial charge in [-0.15, -0.1) is 11.8 Å². The Bertz CT molecular complexity index is 1350. The highest BCUT2D eigenvalue weighted by atomic mass is 32.2. The van der Waals surface area contributed by atoms with E-state index < -0.39 is 0 Å². The Morgan fingerprint density at radius 1 is 1.00 bits per heavy atom. The molecule has 2 aromatic carbocycles. The summed E-state index contributed by atoms with van der Waals surface area (Å²) < 4.78 is 0. The van der Waals surface area contributed by atoms with Crippen molar-refractivity contribution in [3.8, 4) is 11.1 Å². The van der Waals surface area contributed by atoms with Crippen molar-refractivity contribution in [3.63, 3.8) is 0 Å². The van der Waals surface area contributed by atoms with Crippen molar-refractivity contribution < 1.29 is 0 Å². The Morgan fingerprint density at radius 2 is 1.71 bits per heavy atom. The van der Waals surface area contributed by atoms with Gasteiger partial charge in [-0.2, -0.15) is 0 Å². The van der Waals surface area contributed by atoms with Gasteiger partial charge in [-0.05, 0) is 115 Å². The summed E-state index contributed by atoms with van der Waals surface area (Å²) in [6.07, 6.45) is 15.5. The van der Waals surface area contributed by atoms with E-state index in [1.54, 1.807) is 22.3 Å². The fourth-order valence-electron chi connectivity index (χ4n) is 7.00. The maximum absolute atomic E-state index is 5.56. The third-order valence-electron chi connectivity index (χ3n) is 10.2. The van der Waals surface area contributed by atoms with E-state index in [9.17, 15) is 0 Å². The number of fused-ring (bicyclic) bond motifs is 2. The molecule has 2 aromatic rings. The SMILES string of the molecule is CCCC/C(N=C(C(C)C1=CC(C)c2cc(-c3ccc4c(c3)CCCC4)cc(C(C)C)c2C1)C(C)(C)CC)=C(/C)SC. The van der Waals surface area contributed by atoms with E-state index in [0.717, 1.165) is 19.3 Å². The van der Waals surface area contributed by atoms with Gasteiger partial charge in [0.15, 0.2) is 0 Å². The molecule has 228 valence electrons. The molecule has 42 heavy (non-hydrogen) atoms. The molecule has 0 heterocycles. The van der Waals surface area contributed by atoms with E-state index in [0.29, 0.717) is 17.8 Å². The maximum Gasteiger partial charge on any atom is 0.0495 e. The fraction of sp³-hybridized carbons (Fsp3) is 0.575. The highest BCUT2D eigenvalue weighted by Crippen LogP contribution is 2.42. The quantitative estimate of drug-likeness (QED) is 0.189. The van der Waals surface area contributed by atoms with Crippen LogP contribution in [-0.2, 0) is 19.3 Å². The van der Waals surface area contributed by atoms with Crippen LogP contribution in [0.5, 0.6) is 0 Å². The number of thioether (sulfide) groups is 1. The van der Waals surface area contributed by atoms with Gasteiger partial charge >= 0.3 is 0 Å². The van der Waals surface area contributed by atoms with Gasteiger partial charge < -0.3 is 0 Å². The molecule has 0 saturated carbocycles. The van der Waals surface area contributed by atoms with E-state index in [1.807, 2.05) is 11.8 Å². The summed E-state index contributed by atoms with van der Waals surface area (Å²) >= 11 is 1.85. The third-order valence-corrected chi connectivity index (χ3v) is 11.1. The summed E-state index contributed by atoms with van der Waals surface area (Å²) in [5.74, 6) is 1.21. The predicted octanol–water partition coefficient (Wildman–Crippen LogP) is 12.2. The molecular formula is C40H57NS. The van der Waals surface area contributed by atoms with Gasteiger partial charge in [0.1, 0.15) is 0 Å². The Labute approximate surface area is 262 Å². The maximum atomic E-state index is 5.56. The van der Waals surface area contributed by atoms with Crippen molar-refractivity contribution in [2.75, 3.05) is 6.26 Å². The van der Waals surface area contributed by atoms with Crippen LogP contribution in [0.1, 0.15) is 140 Å². The molecule has 2 atom stereocenters. The van der Waals surface area contributed by atoms with Gasteiger partial charge in [-0.25, -0.2) is 0 Å². The smallest absolute Gasteiger partial charge is 0.0495 e. The molecule has 2 aliphatic carbocycles. The lowest BCUT2D eigenvalue weighted by molar-refractivity contribution is 0.479. The van der Waals surface area contributed by atoms with Crippen LogP contribution in [0.15, 0.2) is 57.6 Å². The Morgan fingerprint density at radius 3 is 2.36 bits per heavy atom. The van der Waals surface area contributed by atoms with Crippen molar-refractivity contribution in [2.45, 2.75) is 132 Å². The first kappa shape index (κ1) is 32.8. The number of aliphatic imine (C=N–C) groups is 1. The molecule has 4 rings (SSSR count). The zero-order valence-electron chi connectivity index (χ0n) is 28.4. The molecule has 2 unspecified atom stereocenters. The molecule has 0 radical (unpaired) electrons. The summed E-state index contributed by atoms with van der Waals surface area (Å²) in [7, 11) is 0. The van der Waals surface area contributed by atoms with Crippen molar-refractivity contribution in [3.05, 3.63) is 80.4 Å². The molecule has 0 fully saturated rings. The summed E-state index contributed by atoms with van der Waals surface area (Å²) in [4.78, 5) is 6.93. The molecule has 0 aliphatic heterocycles. The highest BCUT2D eigenvalue weighted by Gasteiger charge is 2.33. The number of nitrogens with zero attached hydrogens (tertiary/aromatic N) is 1. The number of hydrogen-bond donors (Lipinski definition) is 0. The summed E-state index contributed by atoms with van der Waals surface area (Å²) in [5.41, 5.74) is 14.8. The molecular weight excluding hydrogens is 527 g/mol. The van der Waals surface area contributed by atoms with E-state index in [4.69, 9.17) is 4.99 Å². The Hall–Kier alpha value is -2.06. The molecule has 1 nitrogen and oxygen atoms in total. The first-order chi connectivity index (χ1) is 20.0. The molecule has 0 aromatic heterocycles. The minimum atomic E-state index is 0.0527. The number of unbranched alkanes of at least 4 members (excludes halogenated alkanes) is 1. The largest absolute Gasteiger partial charge is 0.260 e. The normalized spacial score (nSPS) is 18.8. The zero-order valence-corrected chi connectivity index (χ0v) is 29.2. The molecule has 0 saturated heterocycles. The van der Waals surface area contributed by atoms with Gasteiger partial charge in [0.2, 0.25) is 0 Å². The number of hydrogen-bond acceptors (Lipinski definition) is 2. The van der Waals surface area contributed by atoms with E-state index in [1.165, 1.54) is 77.1 Å². The van der Waals surface area contributed by atoms with Crippen LogP contribution in [0.3, 0.4) is 0 Å². The summed E-state index contributed by atoms with van der Waals surface area (Å²) in [6.45, 7) is 21.3. The Kier molecular flexibility index (Phi) is 11.1. The molecule has 0 spiro atoms. The average molecular weight is 584 g/mol. The summed E-state index contributed by atoms with van der Waals surface area (Å²) in [5, 5.41) is 0. The lowest BCUT2D eigenvalue weighted by atomic mass is 9.71. The minimum absolute atomic E-state index is 0.0527. The van der Waals surface area contributed by atoms with E-state index in [-0.39, 0.29) is 5.41 Å². The summed E-state index contributed by atoms with van der Waals surface area (Å²) in [6, 6.07) is 12.3. The van der Waals surface area contributed by atoms with Gasteiger partial charge in [0.05, 0.1) is 0 Å². The Balaban J connectivity index is 1.76. The average Bonchev–Trinajstić information content (AvgIpc) is 2.99. The number of benzene rings is 2. The second kappa shape index (κ2) is 14.1. The first-order valence-corrected chi connectivity index (χ1v) is 18.0. The molecule has 0 N–H and O–H groups in total. The number of allylic oxidation sites excluding steroid dienone is 4. The van der Waals surface area contributed by atoms with Crippen LogP contribution in [0, 0.1) is 11.3 Å². The minimum Gasteiger partial charge on any atom is -0.260 e. The topological polar surface area (TPSA) is 12.4 Å². The highest BCUT2D eigenvalue weighted by molar-refractivity contribution is 8.02. The number of aryl methyl sites for hydroxylation is 2. The molecule has 0 bridgehead atoms. The van der Waals surface area contributed by atoms with Gasteiger partial charge in [0.25, 0.3) is 0 Å². The fourth-order valence-corrected chi connectivity index (χ4v) is 7.39. The van der Waals surface area contributed by atoms with Crippen LogP contribution in [-0.4, -0.2) is 12.0 Å². The third kappa shape index (κ3) is 7.18. The molecule has 2 aliphatic rings.